The van der Waals surface area contributed by atoms with Gasteiger partial charge in [0.05, 0.1) is 6.42 Å². The smallest absolute Gasteiger partial charge is 0.352 e. The van der Waals surface area contributed by atoms with Gasteiger partial charge in [0.2, 0.25) is 11.1 Å². The highest BCUT2D eigenvalue weighted by Crippen LogP contribution is 2.41. The summed E-state index contributed by atoms with van der Waals surface area (Å²) in [5.74, 6) is -2.68. The summed E-state index contributed by atoms with van der Waals surface area (Å²) in [4.78, 5) is 49.5. The summed E-state index contributed by atoms with van der Waals surface area (Å²) in [6.45, 7) is 0. The SMILES string of the molecule is Cn1nnnc1SCC1=C(C(=O)O)N2C(=O)C(NC(=O)Cc3ccsc3C(=O)O)[C@H]2SC1. The molecule has 2 aromatic rings. The van der Waals surface area contributed by atoms with Gasteiger partial charge in [-0.25, -0.2) is 14.3 Å². The number of rotatable bonds is 8. The van der Waals surface area contributed by atoms with Crippen molar-refractivity contribution < 1.29 is 29.4 Å². The van der Waals surface area contributed by atoms with E-state index in [1.54, 1.807) is 18.5 Å². The van der Waals surface area contributed by atoms with E-state index in [1.165, 1.54) is 33.1 Å². The van der Waals surface area contributed by atoms with Crippen LogP contribution in [0.1, 0.15) is 15.2 Å². The third-order valence-electron chi connectivity index (χ3n) is 4.82. The Labute approximate surface area is 193 Å². The number of carboxylic acids is 2. The minimum Gasteiger partial charge on any atom is -0.477 e. The van der Waals surface area contributed by atoms with Crippen LogP contribution < -0.4 is 5.32 Å². The second kappa shape index (κ2) is 8.91. The zero-order valence-corrected chi connectivity index (χ0v) is 18.9. The number of carbonyl (C=O) groups is 4. The Balaban J connectivity index is 1.44. The van der Waals surface area contributed by atoms with Crippen molar-refractivity contribution in [1.29, 1.82) is 0 Å². The van der Waals surface area contributed by atoms with Crippen molar-refractivity contribution in [2.24, 2.45) is 7.05 Å². The Morgan fingerprint density at radius 1 is 1.31 bits per heavy atom. The first-order valence-corrected chi connectivity index (χ1v) is 12.0. The maximum atomic E-state index is 12.7. The second-order valence-corrected chi connectivity index (χ2v) is 9.81. The number of carboxylic acid groups (broad SMARTS) is 2. The summed E-state index contributed by atoms with van der Waals surface area (Å²) in [7, 11) is 1.67. The zero-order chi connectivity index (χ0) is 23.0. The van der Waals surface area contributed by atoms with Crippen LogP contribution >= 0.6 is 34.9 Å². The predicted molar refractivity (Wildman–Crippen MR) is 114 cm³/mol. The number of aromatic nitrogens is 4. The van der Waals surface area contributed by atoms with Crippen molar-refractivity contribution in [3.8, 4) is 0 Å². The third kappa shape index (κ3) is 4.10. The lowest BCUT2D eigenvalue weighted by Crippen LogP contribution is -2.70. The number of aromatic carboxylic acids is 1. The molecular weight excluding hydrogens is 480 g/mol. The molecule has 0 aliphatic carbocycles. The first kappa shape index (κ1) is 22.3. The number of tetrazole rings is 1. The average Bonchev–Trinajstić information content (AvgIpc) is 3.38. The van der Waals surface area contributed by atoms with Gasteiger partial charge in [0.25, 0.3) is 5.91 Å². The van der Waals surface area contributed by atoms with Gasteiger partial charge in [-0.3, -0.25) is 14.5 Å². The molecule has 4 rings (SSSR count). The van der Waals surface area contributed by atoms with E-state index < -0.39 is 35.2 Å². The van der Waals surface area contributed by atoms with Gasteiger partial charge in [-0.05, 0) is 33.0 Å². The highest BCUT2D eigenvalue weighted by atomic mass is 32.2. The van der Waals surface area contributed by atoms with E-state index in [0.717, 1.165) is 11.3 Å². The maximum Gasteiger partial charge on any atom is 0.352 e. The Bertz CT molecular complexity index is 1140. The normalized spacial score (nSPS) is 20.0. The highest BCUT2D eigenvalue weighted by Gasteiger charge is 2.54. The van der Waals surface area contributed by atoms with Crippen molar-refractivity contribution in [1.82, 2.24) is 30.4 Å². The van der Waals surface area contributed by atoms with Crippen LogP contribution in [0.25, 0.3) is 0 Å². The number of amides is 2. The lowest BCUT2D eigenvalue weighted by atomic mass is 10.0. The quantitative estimate of drug-likeness (QED) is 0.333. The first-order valence-electron chi connectivity index (χ1n) is 9.12. The van der Waals surface area contributed by atoms with Crippen molar-refractivity contribution in [2.75, 3.05) is 11.5 Å². The van der Waals surface area contributed by atoms with E-state index in [-0.39, 0.29) is 17.0 Å². The molecule has 32 heavy (non-hydrogen) atoms. The molecule has 2 aromatic heterocycles. The summed E-state index contributed by atoms with van der Waals surface area (Å²) in [5, 5.41) is 34.2. The van der Waals surface area contributed by atoms with Crippen molar-refractivity contribution >= 4 is 58.6 Å². The topological polar surface area (TPSA) is 168 Å². The molecule has 168 valence electrons. The van der Waals surface area contributed by atoms with Gasteiger partial charge in [0.1, 0.15) is 22.0 Å². The predicted octanol–water partition coefficient (Wildman–Crippen LogP) is 0.0432. The summed E-state index contributed by atoms with van der Waals surface area (Å²) in [5.41, 5.74) is 0.843. The Hall–Kier alpha value is -2.91. The number of hydrogen-bond acceptors (Lipinski definition) is 10. The van der Waals surface area contributed by atoms with Crippen LogP contribution in [0, 0.1) is 0 Å². The van der Waals surface area contributed by atoms with E-state index in [2.05, 4.69) is 20.8 Å². The van der Waals surface area contributed by atoms with Crippen LogP contribution in [-0.2, 0) is 27.9 Å². The number of nitrogens with zero attached hydrogens (tertiary/aromatic N) is 5. The molecular formula is C17H16N6O6S3. The number of aryl methyl sites for hydroxylation is 1. The number of fused-ring (bicyclic) bond motifs is 1. The van der Waals surface area contributed by atoms with Crippen molar-refractivity contribution in [3.05, 3.63) is 33.2 Å². The Morgan fingerprint density at radius 3 is 2.75 bits per heavy atom. The van der Waals surface area contributed by atoms with Crippen LogP contribution in [0.15, 0.2) is 27.9 Å². The molecule has 1 unspecified atom stereocenters. The molecule has 2 amide bonds. The third-order valence-corrected chi connectivity index (χ3v) is 8.20. The number of β-lactam (4-membered cyclic amide) rings is 1. The molecule has 0 spiro atoms. The lowest BCUT2D eigenvalue weighted by molar-refractivity contribution is -0.150. The maximum absolute atomic E-state index is 12.7. The molecule has 2 atom stereocenters. The van der Waals surface area contributed by atoms with Crippen LogP contribution in [0.4, 0.5) is 0 Å². The molecule has 1 saturated heterocycles. The number of carbonyl (C=O) groups excluding carboxylic acids is 2. The number of thioether (sulfide) groups is 2. The number of thiophene rings is 1. The zero-order valence-electron chi connectivity index (χ0n) is 16.4. The lowest BCUT2D eigenvalue weighted by Gasteiger charge is -2.49. The molecule has 15 heteroatoms. The summed E-state index contributed by atoms with van der Waals surface area (Å²) < 4.78 is 1.47. The van der Waals surface area contributed by atoms with Gasteiger partial charge >= 0.3 is 11.9 Å². The van der Waals surface area contributed by atoms with Crippen molar-refractivity contribution in [2.45, 2.75) is 23.0 Å². The Morgan fingerprint density at radius 2 is 2.09 bits per heavy atom. The van der Waals surface area contributed by atoms with E-state index in [1.807, 2.05) is 0 Å². The molecule has 0 aromatic carbocycles. The summed E-state index contributed by atoms with van der Waals surface area (Å²) in [6, 6.07) is 0.686. The van der Waals surface area contributed by atoms with E-state index in [4.69, 9.17) is 5.11 Å². The number of nitrogens with one attached hydrogen (secondary N) is 1. The van der Waals surface area contributed by atoms with E-state index >= 15 is 0 Å². The number of hydrogen-bond donors (Lipinski definition) is 3. The average molecular weight is 497 g/mol. The fraction of sp³-hybridized carbons (Fsp3) is 0.353. The van der Waals surface area contributed by atoms with Gasteiger partial charge in [0, 0.05) is 18.6 Å². The fourth-order valence-electron chi connectivity index (χ4n) is 3.35. The Kier molecular flexibility index (Phi) is 6.21. The fourth-order valence-corrected chi connectivity index (χ4v) is 6.45. The van der Waals surface area contributed by atoms with Gasteiger partial charge in [-0.15, -0.1) is 28.2 Å². The van der Waals surface area contributed by atoms with Crippen LogP contribution in [0.2, 0.25) is 0 Å². The van der Waals surface area contributed by atoms with Gasteiger partial charge < -0.3 is 15.5 Å². The molecule has 0 bridgehead atoms. The van der Waals surface area contributed by atoms with Gasteiger partial charge in [-0.1, -0.05) is 11.8 Å². The molecule has 0 radical (unpaired) electrons. The van der Waals surface area contributed by atoms with Crippen LogP contribution in [-0.4, -0.2) is 82.0 Å². The van der Waals surface area contributed by atoms with Crippen LogP contribution in [0.5, 0.6) is 0 Å². The second-order valence-electron chi connectivity index (χ2n) is 6.84. The highest BCUT2D eigenvalue weighted by molar-refractivity contribution is 8.01. The molecule has 2 aliphatic rings. The molecule has 3 N–H and O–H groups in total. The first-order chi connectivity index (χ1) is 15.3. The summed E-state index contributed by atoms with van der Waals surface area (Å²) >= 11 is 3.64. The monoisotopic (exact) mass is 496 g/mol. The minimum absolute atomic E-state index is 0.0742. The van der Waals surface area contributed by atoms with Gasteiger partial charge in [0.15, 0.2) is 0 Å². The van der Waals surface area contributed by atoms with Crippen LogP contribution in [0.3, 0.4) is 0 Å². The largest absolute Gasteiger partial charge is 0.477 e. The van der Waals surface area contributed by atoms with Crippen molar-refractivity contribution in [3.63, 3.8) is 0 Å². The summed E-state index contributed by atoms with van der Waals surface area (Å²) in [6.07, 6.45) is -0.179. The number of aliphatic carboxylic acids is 1. The molecule has 4 heterocycles. The van der Waals surface area contributed by atoms with E-state index in [0.29, 0.717) is 27.8 Å². The molecule has 0 saturated carbocycles. The minimum atomic E-state index is -1.22. The molecule has 12 nitrogen and oxygen atoms in total. The molecule has 2 aliphatic heterocycles. The van der Waals surface area contributed by atoms with E-state index in [9.17, 15) is 24.3 Å². The molecule has 1 fully saturated rings. The van der Waals surface area contributed by atoms with Gasteiger partial charge in [-0.2, -0.15) is 0 Å². The standard InChI is InChI=1S/C17H16N6O6S3/c1-22-17(19-20-21-22)32-6-8-5-31-14-10(13(25)23(14)11(8)15(26)27)18-9(24)4-7-2-3-30-12(7)16(28)29/h2-3,10,14H,4-6H2,1H3,(H,18,24)(H,26,27)(H,28,29)/t10?,14-/m1/s1.